The molecule has 73 heavy (non-hydrogen) atoms. The Morgan fingerprint density at radius 3 is 1.15 bits per heavy atom. The van der Waals surface area contributed by atoms with E-state index < -0.39 is 17.5 Å². The molecule has 2 heterocycles. The predicted octanol–water partition coefficient (Wildman–Crippen LogP) is 9.97. The summed E-state index contributed by atoms with van der Waals surface area (Å²) in [5.41, 5.74) is 4.96. The summed E-state index contributed by atoms with van der Waals surface area (Å²) in [7, 11) is 0. The summed E-state index contributed by atoms with van der Waals surface area (Å²) in [6.07, 6.45) is 2.86. The molecule has 2 aromatic heterocycles. The lowest BCUT2D eigenvalue weighted by atomic mass is 10.2. The molecule has 2 atom stereocenters. The van der Waals surface area contributed by atoms with Crippen LogP contribution in [0.2, 0.25) is 0 Å². The summed E-state index contributed by atoms with van der Waals surface area (Å²) in [5, 5.41) is 10.0. The molecule has 374 valence electrons. The lowest BCUT2D eigenvalue weighted by Gasteiger charge is -2.22. The van der Waals surface area contributed by atoms with E-state index in [1.807, 2.05) is 182 Å². The van der Waals surface area contributed by atoms with E-state index in [9.17, 15) is 24.3 Å². The predicted molar refractivity (Wildman–Crippen MR) is 278 cm³/mol. The second-order valence-corrected chi connectivity index (χ2v) is 16.9. The molecule has 0 fully saturated rings. The van der Waals surface area contributed by atoms with Crippen molar-refractivity contribution in [3.8, 4) is 11.5 Å². The normalized spacial score (nSPS) is 11.7. The fraction of sp³-hybridized carbons (Fsp3) is 0.200. The first-order valence-electron chi connectivity index (χ1n) is 23.9. The average Bonchev–Trinajstić information content (AvgIpc) is 3.43. The number of carboxylic acids is 1. The summed E-state index contributed by atoms with van der Waals surface area (Å²) in [6, 6.07) is 60.7. The maximum Gasteiger partial charge on any atom is 0.356 e. The molecular weight excluding hydrogens is 925 g/mol. The summed E-state index contributed by atoms with van der Waals surface area (Å²) >= 11 is 0. The van der Waals surface area contributed by atoms with Crippen molar-refractivity contribution >= 4 is 12.3 Å². The zero-order valence-corrected chi connectivity index (χ0v) is 40.4. The SMILES string of the molecule is O=C(O)c1c(OCc2ccccc2)c(=O)ccn1CC(COCc1ccccc1)OCc1ccccc1.O=Cc1c(OCc2ccccc2)c(=O)ccn1CC(COCc1ccccc1)OCc1ccccc1. The zero-order valence-electron chi connectivity index (χ0n) is 40.4. The van der Waals surface area contributed by atoms with Gasteiger partial charge in [-0.1, -0.05) is 182 Å². The standard InChI is InChI=1S/C30H29NO6.C30H29NO5/c32-27-16-17-31(28(30(33)34)29(27)37-21-25-14-8-3-9-15-25)18-26(36-20-24-12-6-2-7-13-24)22-35-19-23-10-4-1-5-11-23;32-19-28-30(36-22-26-14-8-3-9-15-26)29(33)16-17-31(28)18-27(35-21-25-12-6-2-7-13-25)23-34-20-24-10-4-1-5-11-24/h1-17,26H,18-22H2,(H,33,34);1-17,19,27H,18,20-23H2. The van der Waals surface area contributed by atoms with Crippen molar-refractivity contribution in [1.82, 2.24) is 9.13 Å². The van der Waals surface area contributed by atoms with E-state index >= 15 is 0 Å². The molecule has 8 aromatic rings. The lowest BCUT2D eigenvalue weighted by molar-refractivity contribution is -0.0377. The molecule has 0 saturated carbocycles. The molecule has 13 nitrogen and oxygen atoms in total. The Hall–Kier alpha value is -8.20. The van der Waals surface area contributed by atoms with Gasteiger partial charge in [0.25, 0.3) is 0 Å². The van der Waals surface area contributed by atoms with Gasteiger partial charge in [-0.05, 0) is 33.4 Å². The first kappa shape index (κ1) is 52.6. The van der Waals surface area contributed by atoms with Crippen LogP contribution in [0.25, 0.3) is 0 Å². The van der Waals surface area contributed by atoms with Crippen LogP contribution in [0.5, 0.6) is 11.5 Å². The topological polar surface area (TPSA) is 154 Å². The highest BCUT2D eigenvalue weighted by molar-refractivity contribution is 5.88. The highest BCUT2D eigenvalue weighted by atomic mass is 16.5. The van der Waals surface area contributed by atoms with Gasteiger partial charge in [0.15, 0.2) is 23.5 Å². The number of rotatable bonds is 26. The molecule has 0 amide bonds. The largest absolute Gasteiger partial charge is 0.483 e. The Kier molecular flexibility index (Phi) is 20.6. The van der Waals surface area contributed by atoms with E-state index in [0.29, 0.717) is 45.9 Å². The number of carboxylic acid groups (broad SMARTS) is 1. The Morgan fingerprint density at radius 1 is 0.438 bits per heavy atom. The minimum absolute atomic E-state index is 0.0309. The number of ether oxygens (including phenoxy) is 6. The van der Waals surface area contributed by atoms with Gasteiger partial charge in [-0.25, -0.2) is 4.79 Å². The van der Waals surface area contributed by atoms with Crippen LogP contribution in [0.4, 0.5) is 0 Å². The van der Waals surface area contributed by atoms with Gasteiger partial charge in [-0.15, -0.1) is 0 Å². The first-order valence-corrected chi connectivity index (χ1v) is 23.9. The number of pyridine rings is 2. The van der Waals surface area contributed by atoms with Crippen LogP contribution >= 0.6 is 0 Å². The molecule has 6 aromatic carbocycles. The van der Waals surface area contributed by atoms with Gasteiger partial charge in [-0.3, -0.25) is 14.4 Å². The van der Waals surface area contributed by atoms with Crippen molar-refractivity contribution < 1.29 is 43.1 Å². The number of aromatic carboxylic acids is 1. The number of nitrogens with zero attached hydrogens (tertiary/aromatic N) is 2. The van der Waals surface area contributed by atoms with Crippen LogP contribution in [0.3, 0.4) is 0 Å². The summed E-state index contributed by atoms with van der Waals surface area (Å²) in [4.78, 5) is 49.4. The number of hydrogen-bond donors (Lipinski definition) is 1. The highest BCUT2D eigenvalue weighted by Gasteiger charge is 2.23. The molecule has 0 aliphatic heterocycles. The second-order valence-electron chi connectivity index (χ2n) is 16.9. The quantitative estimate of drug-likeness (QED) is 0.0516. The maximum atomic E-state index is 12.6. The molecule has 0 spiro atoms. The van der Waals surface area contributed by atoms with E-state index in [2.05, 4.69) is 0 Å². The van der Waals surface area contributed by atoms with Crippen LogP contribution in [-0.4, -0.2) is 51.9 Å². The molecule has 8 rings (SSSR count). The van der Waals surface area contributed by atoms with Gasteiger partial charge in [-0.2, -0.15) is 0 Å². The van der Waals surface area contributed by atoms with Crippen molar-refractivity contribution in [3.63, 3.8) is 0 Å². The van der Waals surface area contributed by atoms with Crippen molar-refractivity contribution in [1.29, 1.82) is 0 Å². The molecule has 0 bridgehead atoms. The van der Waals surface area contributed by atoms with E-state index in [1.165, 1.54) is 22.9 Å². The summed E-state index contributed by atoms with van der Waals surface area (Å²) in [6.45, 7) is 2.86. The van der Waals surface area contributed by atoms with Gasteiger partial charge in [0.1, 0.15) is 18.9 Å². The lowest BCUT2D eigenvalue weighted by Crippen LogP contribution is -2.29. The molecule has 13 heteroatoms. The smallest absolute Gasteiger partial charge is 0.356 e. The van der Waals surface area contributed by atoms with Gasteiger partial charge < -0.3 is 42.7 Å². The third-order valence-electron chi connectivity index (χ3n) is 11.4. The van der Waals surface area contributed by atoms with Crippen molar-refractivity contribution in [2.75, 3.05) is 13.2 Å². The molecule has 2 unspecified atom stereocenters. The number of carbonyl (C=O) groups excluding carboxylic acids is 1. The Balaban J connectivity index is 0.000000214. The van der Waals surface area contributed by atoms with Crippen LogP contribution in [0, 0.1) is 0 Å². The third-order valence-corrected chi connectivity index (χ3v) is 11.4. The molecular formula is C60H58N2O11. The van der Waals surface area contributed by atoms with E-state index in [-0.39, 0.29) is 60.8 Å². The zero-order chi connectivity index (χ0) is 50.9. The Bertz CT molecular complexity index is 3010. The van der Waals surface area contributed by atoms with Gasteiger partial charge >= 0.3 is 5.97 Å². The average molecular weight is 983 g/mol. The first-order chi connectivity index (χ1) is 35.8. The van der Waals surface area contributed by atoms with Crippen molar-refractivity contribution in [2.24, 2.45) is 0 Å². The van der Waals surface area contributed by atoms with Gasteiger partial charge in [0, 0.05) is 24.5 Å². The molecule has 0 saturated heterocycles. The molecule has 0 radical (unpaired) electrons. The number of aromatic nitrogens is 2. The molecule has 1 N–H and O–H groups in total. The fourth-order valence-electron chi connectivity index (χ4n) is 7.61. The van der Waals surface area contributed by atoms with E-state index in [1.54, 1.807) is 10.8 Å². The van der Waals surface area contributed by atoms with Crippen LogP contribution in [0.1, 0.15) is 54.4 Å². The third kappa shape index (κ3) is 17.0. The van der Waals surface area contributed by atoms with Crippen LogP contribution in [0.15, 0.2) is 216 Å². The highest BCUT2D eigenvalue weighted by Crippen LogP contribution is 2.19. The number of aldehydes is 1. The van der Waals surface area contributed by atoms with Crippen molar-refractivity contribution in [2.45, 2.75) is 64.9 Å². The minimum atomic E-state index is -1.26. The summed E-state index contributed by atoms with van der Waals surface area (Å²) < 4.78 is 38.9. The Labute approximate surface area is 424 Å². The number of hydrogen-bond acceptors (Lipinski definition) is 10. The second kappa shape index (κ2) is 28.6. The molecule has 0 aliphatic rings. The van der Waals surface area contributed by atoms with Crippen LogP contribution in [-0.2, 0) is 71.7 Å². The van der Waals surface area contributed by atoms with Gasteiger partial charge in [0.2, 0.25) is 10.9 Å². The van der Waals surface area contributed by atoms with E-state index in [0.717, 1.165) is 33.4 Å². The fourth-order valence-corrected chi connectivity index (χ4v) is 7.61. The summed E-state index contributed by atoms with van der Waals surface area (Å²) in [5.74, 6) is -1.43. The minimum Gasteiger partial charge on any atom is -0.483 e. The molecule has 0 aliphatic carbocycles. The number of carbonyl (C=O) groups is 2. The van der Waals surface area contributed by atoms with Crippen LogP contribution < -0.4 is 20.3 Å². The Morgan fingerprint density at radius 2 is 0.767 bits per heavy atom. The van der Waals surface area contributed by atoms with Gasteiger partial charge in [0.05, 0.1) is 64.9 Å². The maximum absolute atomic E-state index is 12.6. The monoisotopic (exact) mass is 982 g/mol. The van der Waals surface area contributed by atoms with Crippen molar-refractivity contribution in [3.05, 3.63) is 272 Å². The van der Waals surface area contributed by atoms with E-state index in [4.69, 9.17) is 28.4 Å². The number of benzene rings is 6.